The first-order valence-corrected chi connectivity index (χ1v) is 6.26. The third-order valence-corrected chi connectivity index (χ3v) is 2.60. The first-order valence-electron chi connectivity index (χ1n) is 6.26. The molecule has 0 aliphatic heterocycles. The van der Waals surface area contributed by atoms with E-state index in [1.165, 1.54) is 0 Å². The van der Waals surface area contributed by atoms with Gasteiger partial charge >= 0.3 is 6.18 Å². The number of anilines is 2. The van der Waals surface area contributed by atoms with Crippen LogP contribution in [-0.2, 0) is 6.18 Å². The van der Waals surface area contributed by atoms with E-state index in [1.54, 1.807) is 11.8 Å². The van der Waals surface area contributed by atoms with Gasteiger partial charge in [-0.05, 0) is 27.7 Å². The van der Waals surface area contributed by atoms with Crippen molar-refractivity contribution in [3.63, 3.8) is 0 Å². The van der Waals surface area contributed by atoms with Gasteiger partial charge in [-0.1, -0.05) is 0 Å². The Morgan fingerprint density at radius 1 is 1.26 bits per heavy atom. The van der Waals surface area contributed by atoms with Crippen LogP contribution in [0.5, 0.6) is 0 Å². The van der Waals surface area contributed by atoms with Crippen molar-refractivity contribution in [1.29, 1.82) is 0 Å². The van der Waals surface area contributed by atoms with Gasteiger partial charge in [-0.15, -0.1) is 0 Å². The molecule has 0 fully saturated rings. The van der Waals surface area contributed by atoms with Crippen LogP contribution in [0, 0.1) is 0 Å². The summed E-state index contributed by atoms with van der Waals surface area (Å²) in [5, 5.41) is 2.73. The second-order valence-electron chi connectivity index (χ2n) is 4.34. The average Bonchev–Trinajstić information content (AvgIpc) is 2.28. The van der Waals surface area contributed by atoms with Gasteiger partial charge in [0.05, 0.1) is 0 Å². The van der Waals surface area contributed by atoms with E-state index < -0.39 is 11.9 Å². The summed E-state index contributed by atoms with van der Waals surface area (Å²) in [6, 6.07) is 1.06. The third kappa shape index (κ3) is 3.97. The van der Waals surface area contributed by atoms with E-state index in [9.17, 15) is 13.2 Å². The van der Waals surface area contributed by atoms with Crippen LogP contribution in [0.15, 0.2) is 6.07 Å². The average molecular weight is 276 g/mol. The number of hydrogen-bond donors (Lipinski definition) is 1. The molecule has 0 unspecified atom stereocenters. The molecule has 108 valence electrons. The van der Waals surface area contributed by atoms with Gasteiger partial charge < -0.3 is 10.2 Å². The van der Waals surface area contributed by atoms with E-state index in [0.717, 1.165) is 6.07 Å². The smallest absolute Gasteiger partial charge is 0.354 e. The van der Waals surface area contributed by atoms with Gasteiger partial charge in [0.2, 0.25) is 5.95 Å². The van der Waals surface area contributed by atoms with Crippen LogP contribution in [0.4, 0.5) is 24.9 Å². The van der Waals surface area contributed by atoms with E-state index >= 15 is 0 Å². The van der Waals surface area contributed by atoms with Crippen molar-refractivity contribution >= 4 is 11.8 Å². The lowest BCUT2D eigenvalue weighted by atomic mass is 10.3. The van der Waals surface area contributed by atoms with Crippen molar-refractivity contribution < 1.29 is 13.2 Å². The van der Waals surface area contributed by atoms with Crippen molar-refractivity contribution in [2.75, 3.05) is 23.3 Å². The normalized spacial score (nSPS) is 11.8. The molecule has 0 radical (unpaired) electrons. The van der Waals surface area contributed by atoms with Gasteiger partial charge in [0.25, 0.3) is 0 Å². The molecular weight excluding hydrogens is 257 g/mol. The summed E-state index contributed by atoms with van der Waals surface area (Å²) in [5.74, 6) is 0.294. The molecule has 1 aromatic rings. The molecule has 1 aromatic heterocycles. The quantitative estimate of drug-likeness (QED) is 0.897. The molecule has 1 rings (SSSR count). The zero-order valence-corrected chi connectivity index (χ0v) is 11.5. The number of nitrogens with zero attached hydrogens (tertiary/aromatic N) is 3. The van der Waals surface area contributed by atoms with Crippen LogP contribution >= 0.6 is 0 Å². The SMILES string of the molecule is CCNc1nc(N(CC)C(C)C)cc(C(F)(F)F)n1. The fraction of sp³-hybridized carbons (Fsp3) is 0.667. The minimum atomic E-state index is -4.47. The molecule has 0 saturated heterocycles. The molecule has 0 saturated carbocycles. The minimum Gasteiger partial charge on any atom is -0.354 e. The first kappa shape index (κ1) is 15.5. The summed E-state index contributed by atoms with van der Waals surface area (Å²) in [7, 11) is 0. The standard InChI is InChI=1S/C12H19F3N4/c1-5-16-11-17-9(12(13,14)15)7-10(18-11)19(6-2)8(3)4/h7-8H,5-6H2,1-4H3,(H,16,17,18). The first-order chi connectivity index (χ1) is 8.79. The second kappa shape index (κ2) is 6.08. The summed E-state index contributed by atoms with van der Waals surface area (Å²) in [5.41, 5.74) is -0.924. The molecule has 0 aliphatic rings. The van der Waals surface area contributed by atoms with Crippen LogP contribution in [0.3, 0.4) is 0 Å². The third-order valence-electron chi connectivity index (χ3n) is 2.60. The van der Waals surface area contributed by atoms with Crippen molar-refractivity contribution in [2.24, 2.45) is 0 Å². The fourth-order valence-electron chi connectivity index (χ4n) is 1.76. The van der Waals surface area contributed by atoms with Crippen LogP contribution in [0.1, 0.15) is 33.4 Å². The van der Waals surface area contributed by atoms with Crippen LogP contribution in [0.25, 0.3) is 0 Å². The van der Waals surface area contributed by atoms with Gasteiger partial charge in [0, 0.05) is 25.2 Å². The summed E-state index contributed by atoms with van der Waals surface area (Å²) in [6.07, 6.45) is -4.47. The molecule has 0 spiro atoms. The van der Waals surface area contributed by atoms with Crippen LogP contribution < -0.4 is 10.2 Å². The van der Waals surface area contributed by atoms with Crippen LogP contribution in [0.2, 0.25) is 0 Å². The van der Waals surface area contributed by atoms with Crippen molar-refractivity contribution in [3.05, 3.63) is 11.8 Å². The molecule has 1 N–H and O–H groups in total. The van der Waals surface area contributed by atoms with E-state index in [2.05, 4.69) is 15.3 Å². The highest BCUT2D eigenvalue weighted by atomic mass is 19.4. The lowest BCUT2D eigenvalue weighted by Gasteiger charge is -2.27. The maximum Gasteiger partial charge on any atom is 0.433 e. The summed E-state index contributed by atoms with van der Waals surface area (Å²) in [6.45, 7) is 8.52. The zero-order valence-electron chi connectivity index (χ0n) is 11.5. The summed E-state index contributed by atoms with van der Waals surface area (Å²) >= 11 is 0. The van der Waals surface area contributed by atoms with Gasteiger partial charge in [-0.2, -0.15) is 18.2 Å². The predicted molar refractivity (Wildman–Crippen MR) is 69.4 cm³/mol. The Morgan fingerprint density at radius 3 is 2.32 bits per heavy atom. The maximum absolute atomic E-state index is 12.8. The Hall–Kier alpha value is -1.53. The Balaban J connectivity index is 3.27. The molecule has 19 heavy (non-hydrogen) atoms. The number of hydrogen-bond acceptors (Lipinski definition) is 4. The number of rotatable bonds is 5. The molecule has 1 heterocycles. The Kier molecular flexibility index (Phi) is 4.97. The predicted octanol–water partition coefficient (Wildman–Crippen LogP) is 3.16. The highest BCUT2D eigenvalue weighted by Crippen LogP contribution is 2.30. The Bertz CT molecular complexity index is 418. The lowest BCUT2D eigenvalue weighted by molar-refractivity contribution is -0.141. The van der Waals surface area contributed by atoms with Crippen molar-refractivity contribution in [2.45, 2.75) is 39.9 Å². The van der Waals surface area contributed by atoms with Gasteiger partial charge in [-0.3, -0.25) is 0 Å². The number of aromatic nitrogens is 2. The number of nitrogens with one attached hydrogen (secondary N) is 1. The van der Waals surface area contributed by atoms with Gasteiger partial charge in [-0.25, -0.2) is 4.98 Å². The van der Waals surface area contributed by atoms with E-state index in [1.807, 2.05) is 20.8 Å². The Morgan fingerprint density at radius 2 is 1.89 bits per heavy atom. The highest BCUT2D eigenvalue weighted by Gasteiger charge is 2.34. The molecule has 7 heteroatoms. The molecule has 0 atom stereocenters. The monoisotopic (exact) mass is 276 g/mol. The summed E-state index contributed by atoms with van der Waals surface area (Å²) in [4.78, 5) is 9.42. The van der Waals surface area contributed by atoms with Crippen molar-refractivity contribution in [3.8, 4) is 0 Å². The topological polar surface area (TPSA) is 41.1 Å². The van der Waals surface area contributed by atoms with Crippen molar-refractivity contribution in [1.82, 2.24) is 9.97 Å². The minimum absolute atomic E-state index is 0.00595. The molecular formula is C12H19F3N4. The number of alkyl halides is 3. The van der Waals surface area contributed by atoms with E-state index in [-0.39, 0.29) is 17.8 Å². The van der Waals surface area contributed by atoms with Crippen LogP contribution in [-0.4, -0.2) is 29.1 Å². The lowest BCUT2D eigenvalue weighted by Crippen LogP contribution is -2.32. The Labute approximate surface area is 111 Å². The molecule has 0 aliphatic carbocycles. The van der Waals surface area contributed by atoms with E-state index in [4.69, 9.17) is 0 Å². The molecule has 4 nitrogen and oxygen atoms in total. The number of halogens is 3. The molecule has 0 aromatic carbocycles. The summed E-state index contributed by atoms with van der Waals surface area (Å²) < 4.78 is 38.5. The second-order valence-corrected chi connectivity index (χ2v) is 4.34. The molecule has 0 bridgehead atoms. The van der Waals surface area contributed by atoms with Gasteiger partial charge in [0.1, 0.15) is 5.82 Å². The van der Waals surface area contributed by atoms with Gasteiger partial charge in [0.15, 0.2) is 5.69 Å². The molecule has 0 amide bonds. The fourth-order valence-corrected chi connectivity index (χ4v) is 1.76. The zero-order chi connectivity index (χ0) is 14.6. The van der Waals surface area contributed by atoms with E-state index in [0.29, 0.717) is 13.1 Å². The largest absolute Gasteiger partial charge is 0.433 e. The highest BCUT2D eigenvalue weighted by molar-refractivity contribution is 5.46. The maximum atomic E-state index is 12.8.